The molecule has 0 spiro atoms. The van der Waals surface area contributed by atoms with Gasteiger partial charge in [-0.2, -0.15) is 0 Å². The summed E-state index contributed by atoms with van der Waals surface area (Å²) in [6, 6.07) is 7.69. The Morgan fingerprint density at radius 3 is 2.61 bits per heavy atom. The fourth-order valence-electron chi connectivity index (χ4n) is 2.76. The van der Waals surface area contributed by atoms with Gasteiger partial charge in [-0.05, 0) is 12.5 Å². The highest BCUT2D eigenvalue weighted by Gasteiger charge is 2.34. The summed E-state index contributed by atoms with van der Waals surface area (Å²) in [5.74, 6) is -1.46. The molecule has 2 heterocycles. The minimum absolute atomic E-state index is 0.0793. The third kappa shape index (κ3) is 4.43. The van der Waals surface area contributed by atoms with Crippen molar-refractivity contribution >= 4 is 18.0 Å². The second kappa shape index (κ2) is 8.94. The van der Waals surface area contributed by atoms with Crippen molar-refractivity contribution < 1.29 is 33.3 Å². The van der Waals surface area contributed by atoms with Gasteiger partial charge >= 0.3 is 18.0 Å². The number of nitrogens with one attached hydrogen (secondary N) is 2. The maximum Gasteiger partial charge on any atom is 0.377 e. The number of benzene rings is 1. The first-order valence-electron chi connectivity index (χ1n) is 8.74. The summed E-state index contributed by atoms with van der Waals surface area (Å²) in [5, 5.41) is 5.22. The molecule has 0 fully saturated rings. The van der Waals surface area contributed by atoms with Crippen LogP contribution >= 0.6 is 0 Å². The molecule has 0 bridgehead atoms. The van der Waals surface area contributed by atoms with E-state index in [1.54, 1.807) is 31.2 Å². The lowest BCUT2D eigenvalue weighted by molar-refractivity contribution is -0.144. The Morgan fingerprint density at radius 1 is 1.14 bits per heavy atom. The lowest BCUT2D eigenvalue weighted by Crippen LogP contribution is -2.47. The summed E-state index contributed by atoms with van der Waals surface area (Å²) >= 11 is 0. The predicted molar refractivity (Wildman–Crippen MR) is 95.5 cm³/mol. The van der Waals surface area contributed by atoms with Crippen molar-refractivity contribution in [2.24, 2.45) is 0 Å². The van der Waals surface area contributed by atoms with E-state index in [0.717, 1.165) is 0 Å². The summed E-state index contributed by atoms with van der Waals surface area (Å²) in [7, 11) is 0. The number of hydrogen-bond donors (Lipinski definition) is 2. The molecule has 1 atom stereocenters. The van der Waals surface area contributed by atoms with Crippen molar-refractivity contribution in [2.45, 2.75) is 13.0 Å². The zero-order valence-corrected chi connectivity index (χ0v) is 15.2. The van der Waals surface area contributed by atoms with E-state index in [1.165, 1.54) is 6.26 Å². The Kier molecular flexibility index (Phi) is 6.15. The summed E-state index contributed by atoms with van der Waals surface area (Å²) in [6.07, 6.45) is 1.17. The predicted octanol–water partition coefficient (Wildman–Crippen LogP) is 1.29. The minimum atomic E-state index is -0.764. The van der Waals surface area contributed by atoms with Gasteiger partial charge in [0.1, 0.15) is 26.1 Å². The van der Waals surface area contributed by atoms with Gasteiger partial charge in [-0.1, -0.05) is 30.3 Å². The van der Waals surface area contributed by atoms with Gasteiger partial charge in [0, 0.05) is 0 Å². The average molecular weight is 388 g/mol. The van der Waals surface area contributed by atoms with Crippen molar-refractivity contribution in [1.82, 2.24) is 10.6 Å². The normalized spacial score (nSPS) is 18.7. The van der Waals surface area contributed by atoms with E-state index in [0.29, 0.717) is 12.2 Å². The maximum atomic E-state index is 12.6. The quantitative estimate of drug-likeness (QED) is 0.706. The molecular weight excluding hydrogens is 368 g/mol. The van der Waals surface area contributed by atoms with E-state index in [2.05, 4.69) is 10.6 Å². The zero-order valence-electron chi connectivity index (χ0n) is 15.2. The number of hydrogen-bond acceptors (Lipinski definition) is 7. The molecule has 2 aliphatic heterocycles. The molecular formula is C19H20N2O7. The molecule has 0 unspecified atom stereocenters. The second-order valence-electron chi connectivity index (χ2n) is 5.83. The van der Waals surface area contributed by atoms with Crippen LogP contribution in [0.2, 0.25) is 0 Å². The Hall–Kier alpha value is -3.49. The highest BCUT2D eigenvalue weighted by molar-refractivity contribution is 5.95. The van der Waals surface area contributed by atoms with Crippen LogP contribution in [-0.4, -0.2) is 44.4 Å². The molecule has 0 saturated heterocycles. The highest BCUT2D eigenvalue weighted by atomic mass is 16.6. The number of esters is 2. The molecule has 9 nitrogen and oxygen atoms in total. The lowest BCUT2D eigenvalue weighted by atomic mass is 9.95. The highest BCUT2D eigenvalue weighted by Crippen LogP contribution is 2.28. The number of ether oxygens (including phenoxy) is 4. The van der Waals surface area contributed by atoms with E-state index in [4.69, 9.17) is 18.9 Å². The monoisotopic (exact) mass is 388 g/mol. The van der Waals surface area contributed by atoms with Crippen LogP contribution in [0.3, 0.4) is 0 Å². The van der Waals surface area contributed by atoms with Crippen LogP contribution in [0.5, 0.6) is 0 Å². The maximum absolute atomic E-state index is 12.6. The molecule has 3 rings (SSSR count). The van der Waals surface area contributed by atoms with Gasteiger partial charge in [0.25, 0.3) is 0 Å². The van der Waals surface area contributed by atoms with Crippen molar-refractivity contribution in [1.29, 1.82) is 0 Å². The first-order chi connectivity index (χ1) is 13.6. The van der Waals surface area contributed by atoms with Gasteiger partial charge in [-0.25, -0.2) is 14.4 Å². The Balaban J connectivity index is 1.87. The number of carbonyl (C=O) groups excluding carboxylic acids is 3. The summed E-state index contributed by atoms with van der Waals surface area (Å²) in [6.45, 7) is 2.06. The molecule has 2 N–H and O–H groups in total. The van der Waals surface area contributed by atoms with Crippen molar-refractivity contribution in [2.75, 3.05) is 26.4 Å². The van der Waals surface area contributed by atoms with E-state index < -0.39 is 24.0 Å². The van der Waals surface area contributed by atoms with Gasteiger partial charge < -0.3 is 29.6 Å². The van der Waals surface area contributed by atoms with E-state index in [-0.39, 0.29) is 36.8 Å². The molecule has 2 aliphatic rings. The molecule has 1 aromatic rings. The van der Waals surface area contributed by atoms with E-state index in [9.17, 15) is 14.4 Å². The lowest BCUT2D eigenvalue weighted by Gasteiger charge is -2.29. The molecule has 0 aromatic heterocycles. The van der Waals surface area contributed by atoms with Crippen LogP contribution in [0.25, 0.3) is 0 Å². The molecule has 0 radical (unpaired) electrons. The number of carbonyl (C=O) groups is 3. The Morgan fingerprint density at radius 2 is 1.93 bits per heavy atom. The molecule has 2 amide bonds. The summed E-state index contributed by atoms with van der Waals surface area (Å²) < 4.78 is 20.5. The van der Waals surface area contributed by atoms with Crippen LogP contribution in [-0.2, 0) is 28.5 Å². The SMILES string of the molecule is CCOC(=O)C1=C(COC(=O)C2=COCCO2)NC(=O)N[C@@H]1c1ccccc1. The molecule has 9 heteroatoms. The molecule has 0 saturated carbocycles. The fraction of sp³-hybridized carbons (Fsp3) is 0.316. The first-order valence-corrected chi connectivity index (χ1v) is 8.74. The number of rotatable bonds is 6. The van der Waals surface area contributed by atoms with Crippen LogP contribution in [0, 0.1) is 0 Å². The van der Waals surface area contributed by atoms with Gasteiger partial charge in [0.2, 0.25) is 5.76 Å². The first kappa shape index (κ1) is 19.3. The smallest absolute Gasteiger partial charge is 0.377 e. The van der Waals surface area contributed by atoms with E-state index in [1.807, 2.05) is 6.07 Å². The number of amides is 2. The standard InChI is InChI=1S/C19H20N2O7/c1-2-26-18(23)15-13(10-28-17(22)14-11-25-8-9-27-14)20-19(24)21-16(15)12-6-4-3-5-7-12/h3-7,11,16H,2,8-10H2,1H3,(H2,20,21,24)/t16-/m1/s1. The van der Waals surface area contributed by atoms with Crippen LogP contribution in [0.1, 0.15) is 18.5 Å². The number of urea groups is 1. The molecule has 148 valence electrons. The third-order valence-corrected chi connectivity index (χ3v) is 3.98. The van der Waals surface area contributed by atoms with Gasteiger partial charge in [0.15, 0.2) is 0 Å². The van der Waals surface area contributed by atoms with Crippen LogP contribution in [0.4, 0.5) is 4.79 Å². The topological polar surface area (TPSA) is 112 Å². The van der Waals surface area contributed by atoms with Crippen molar-refractivity contribution in [3.63, 3.8) is 0 Å². The average Bonchev–Trinajstić information content (AvgIpc) is 2.73. The van der Waals surface area contributed by atoms with Gasteiger partial charge in [-0.15, -0.1) is 0 Å². The molecule has 28 heavy (non-hydrogen) atoms. The van der Waals surface area contributed by atoms with Crippen molar-refractivity contribution in [3.05, 3.63) is 59.2 Å². The van der Waals surface area contributed by atoms with Crippen LogP contribution < -0.4 is 10.6 Å². The largest absolute Gasteiger partial charge is 0.493 e. The van der Waals surface area contributed by atoms with Crippen molar-refractivity contribution in [3.8, 4) is 0 Å². The van der Waals surface area contributed by atoms with E-state index >= 15 is 0 Å². The van der Waals surface area contributed by atoms with Crippen LogP contribution in [0.15, 0.2) is 53.6 Å². The Bertz CT molecular complexity index is 817. The second-order valence-corrected chi connectivity index (χ2v) is 5.83. The van der Waals surface area contributed by atoms with Gasteiger partial charge in [0.05, 0.1) is 23.9 Å². The fourth-order valence-corrected chi connectivity index (χ4v) is 2.76. The summed E-state index contributed by atoms with van der Waals surface area (Å²) in [4.78, 5) is 36.8. The third-order valence-electron chi connectivity index (χ3n) is 3.98. The minimum Gasteiger partial charge on any atom is -0.493 e. The Labute approximate surface area is 161 Å². The molecule has 1 aromatic carbocycles. The zero-order chi connectivity index (χ0) is 19.9. The summed E-state index contributed by atoms with van der Waals surface area (Å²) in [5.41, 5.74) is 0.993. The van der Waals surface area contributed by atoms with Gasteiger partial charge in [-0.3, -0.25) is 0 Å². The molecule has 0 aliphatic carbocycles.